The lowest BCUT2D eigenvalue weighted by Gasteiger charge is -2.20. The van der Waals surface area contributed by atoms with Gasteiger partial charge in [-0.1, -0.05) is 12.1 Å². The Hall–Kier alpha value is -0.990. The molecular formula is C11H18N2O4S. The Kier molecular flexibility index (Phi) is 5.70. The van der Waals surface area contributed by atoms with E-state index in [4.69, 9.17) is 15.9 Å². The summed E-state index contributed by atoms with van der Waals surface area (Å²) in [6.07, 6.45) is 0. The van der Waals surface area contributed by atoms with Gasteiger partial charge in [-0.25, -0.2) is 8.42 Å². The van der Waals surface area contributed by atoms with E-state index in [0.29, 0.717) is 6.54 Å². The summed E-state index contributed by atoms with van der Waals surface area (Å²) in [6.45, 7) is -0.319. The molecule has 0 radical (unpaired) electrons. The number of nitrogens with two attached hydrogens (primary N) is 1. The summed E-state index contributed by atoms with van der Waals surface area (Å²) in [6, 6.07) is 6.23. The van der Waals surface area contributed by atoms with Crippen LogP contribution in [0.1, 0.15) is 5.56 Å². The molecule has 4 N–H and O–H groups in total. The molecule has 0 amide bonds. The van der Waals surface area contributed by atoms with Gasteiger partial charge >= 0.3 is 0 Å². The van der Waals surface area contributed by atoms with Crippen LogP contribution < -0.4 is 5.73 Å². The van der Waals surface area contributed by atoms with E-state index in [2.05, 4.69) is 0 Å². The number of rotatable bonds is 7. The van der Waals surface area contributed by atoms with Crippen LogP contribution in [0.4, 0.5) is 0 Å². The molecule has 0 atom stereocenters. The Balaban J connectivity index is 3.01. The third-order valence-electron chi connectivity index (χ3n) is 2.50. The van der Waals surface area contributed by atoms with Gasteiger partial charge in [-0.05, 0) is 17.7 Å². The predicted molar refractivity (Wildman–Crippen MR) is 67.3 cm³/mol. The van der Waals surface area contributed by atoms with Gasteiger partial charge < -0.3 is 15.9 Å². The monoisotopic (exact) mass is 274 g/mol. The van der Waals surface area contributed by atoms with Crippen LogP contribution in [0.5, 0.6) is 0 Å². The first-order valence-corrected chi connectivity index (χ1v) is 7.01. The standard InChI is InChI=1S/C11H18N2O4S/c12-9-10-1-3-11(4-2-10)18(16,17)13(5-7-14)6-8-15/h1-4,14-15H,5-9,12H2. The summed E-state index contributed by atoms with van der Waals surface area (Å²) in [4.78, 5) is 0.126. The van der Waals surface area contributed by atoms with E-state index in [-0.39, 0.29) is 31.2 Å². The summed E-state index contributed by atoms with van der Waals surface area (Å²) < 4.78 is 25.4. The van der Waals surface area contributed by atoms with E-state index < -0.39 is 10.0 Å². The van der Waals surface area contributed by atoms with Gasteiger partial charge in [0.2, 0.25) is 10.0 Å². The van der Waals surface area contributed by atoms with E-state index in [0.717, 1.165) is 9.87 Å². The highest BCUT2D eigenvalue weighted by atomic mass is 32.2. The van der Waals surface area contributed by atoms with Crippen molar-refractivity contribution >= 4 is 10.0 Å². The van der Waals surface area contributed by atoms with Crippen molar-refractivity contribution < 1.29 is 18.6 Å². The summed E-state index contributed by atoms with van der Waals surface area (Å²) in [5.41, 5.74) is 6.28. The van der Waals surface area contributed by atoms with Crippen LogP contribution >= 0.6 is 0 Å². The fourth-order valence-corrected chi connectivity index (χ4v) is 2.94. The van der Waals surface area contributed by atoms with E-state index in [9.17, 15) is 8.42 Å². The van der Waals surface area contributed by atoms with Crippen molar-refractivity contribution in [1.29, 1.82) is 0 Å². The normalized spacial score (nSPS) is 12.0. The van der Waals surface area contributed by atoms with Crippen LogP contribution in [0, 0.1) is 0 Å². The molecule has 6 nitrogen and oxygen atoms in total. The molecule has 7 heteroatoms. The molecule has 0 saturated carbocycles. The lowest BCUT2D eigenvalue weighted by Crippen LogP contribution is -2.35. The van der Waals surface area contributed by atoms with Crippen molar-refractivity contribution in [2.75, 3.05) is 26.3 Å². The lowest BCUT2D eigenvalue weighted by molar-refractivity contribution is 0.217. The number of nitrogens with zero attached hydrogens (tertiary/aromatic N) is 1. The van der Waals surface area contributed by atoms with Gasteiger partial charge in [0.25, 0.3) is 0 Å². The zero-order chi connectivity index (χ0) is 13.6. The molecule has 1 aromatic carbocycles. The topological polar surface area (TPSA) is 104 Å². The van der Waals surface area contributed by atoms with Crippen LogP contribution in [-0.4, -0.2) is 49.2 Å². The molecule has 0 aliphatic carbocycles. The number of aliphatic hydroxyl groups is 2. The second-order valence-electron chi connectivity index (χ2n) is 3.70. The molecule has 1 aromatic rings. The molecule has 0 heterocycles. The third kappa shape index (κ3) is 3.50. The van der Waals surface area contributed by atoms with Gasteiger partial charge in [-0.2, -0.15) is 4.31 Å². The number of hydrogen-bond acceptors (Lipinski definition) is 5. The van der Waals surface area contributed by atoms with Crippen molar-refractivity contribution in [1.82, 2.24) is 4.31 Å². The zero-order valence-corrected chi connectivity index (χ0v) is 10.8. The first-order valence-electron chi connectivity index (χ1n) is 5.57. The summed E-state index contributed by atoms with van der Waals surface area (Å²) in [7, 11) is -3.68. The van der Waals surface area contributed by atoms with Gasteiger partial charge in [-0.15, -0.1) is 0 Å². The van der Waals surface area contributed by atoms with Crippen molar-refractivity contribution in [2.45, 2.75) is 11.4 Å². The maximum atomic E-state index is 12.2. The summed E-state index contributed by atoms with van der Waals surface area (Å²) in [5, 5.41) is 17.7. The van der Waals surface area contributed by atoms with Crippen LogP contribution in [0.15, 0.2) is 29.2 Å². The minimum Gasteiger partial charge on any atom is -0.395 e. The maximum Gasteiger partial charge on any atom is 0.243 e. The first kappa shape index (κ1) is 15.1. The van der Waals surface area contributed by atoms with Gasteiger partial charge in [0.15, 0.2) is 0 Å². The fourth-order valence-electron chi connectivity index (χ4n) is 1.52. The predicted octanol–water partition coefficient (Wildman–Crippen LogP) is -0.879. The van der Waals surface area contributed by atoms with Gasteiger partial charge in [0.05, 0.1) is 18.1 Å². The van der Waals surface area contributed by atoms with Crippen molar-refractivity contribution in [3.05, 3.63) is 29.8 Å². The van der Waals surface area contributed by atoms with Crippen molar-refractivity contribution in [3.8, 4) is 0 Å². The highest BCUT2D eigenvalue weighted by molar-refractivity contribution is 7.89. The van der Waals surface area contributed by atoms with E-state index >= 15 is 0 Å². The Morgan fingerprint density at radius 1 is 1.06 bits per heavy atom. The minimum absolute atomic E-state index is 0.0401. The van der Waals surface area contributed by atoms with Crippen molar-refractivity contribution in [3.63, 3.8) is 0 Å². The Morgan fingerprint density at radius 2 is 1.56 bits per heavy atom. The highest BCUT2D eigenvalue weighted by Gasteiger charge is 2.23. The van der Waals surface area contributed by atoms with E-state index in [1.54, 1.807) is 12.1 Å². The molecule has 102 valence electrons. The molecule has 0 spiro atoms. The van der Waals surface area contributed by atoms with E-state index in [1.165, 1.54) is 12.1 Å². The highest BCUT2D eigenvalue weighted by Crippen LogP contribution is 2.15. The Labute approximate surface area is 107 Å². The van der Waals surface area contributed by atoms with Crippen LogP contribution in [0.2, 0.25) is 0 Å². The lowest BCUT2D eigenvalue weighted by atomic mass is 10.2. The van der Waals surface area contributed by atoms with Crippen LogP contribution in [-0.2, 0) is 16.6 Å². The van der Waals surface area contributed by atoms with E-state index in [1.807, 2.05) is 0 Å². The zero-order valence-electron chi connectivity index (χ0n) is 9.99. The molecule has 0 aliphatic heterocycles. The average Bonchev–Trinajstić information content (AvgIpc) is 2.38. The average molecular weight is 274 g/mol. The van der Waals surface area contributed by atoms with Crippen LogP contribution in [0.25, 0.3) is 0 Å². The second kappa shape index (κ2) is 6.81. The van der Waals surface area contributed by atoms with Gasteiger partial charge in [0.1, 0.15) is 0 Å². The molecule has 0 bridgehead atoms. The molecule has 0 unspecified atom stereocenters. The smallest absolute Gasteiger partial charge is 0.243 e. The molecule has 0 aliphatic rings. The largest absolute Gasteiger partial charge is 0.395 e. The Morgan fingerprint density at radius 3 is 1.94 bits per heavy atom. The fraction of sp³-hybridized carbons (Fsp3) is 0.455. The summed E-state index contributed by atoms with van der Waals surface area (Å²) >= 11 is 0. The quantitative estimate of drug-likeness (QED) is 0.599. The first-order chi connectivity index (χ1) is 8.56. The molecule has 0 aromatic heterocycles. The number of hydrogen-bond donors (Lipinski definition) is 3. The molecule has 18 heavy (non-hydrogen) atoms. The number of sulfonamides is 1. The molecular weight excluding hydrogens is 256 g/mol. The maximum absolute atomic E-state index is 12.2. The van der Waals surface area contributed by atoms with Crippen LogP contribution in [0.3, 0.4) is 0 Å². The van der Waals surface area contributed by atoms with Gasteiger partial charge in [-0.3, -0.25) is 0 Å². The minimum atomic E-state index is -3.68. The van der Waals surface area contributed by atoms with Gasteiger partial charge in [0, 0.05) is 19.6 Å². The molecule has 0 fully saturated rings. The number of benzene rings is 1. The second-order valence-corrected chi connectivity index (χ2v) is 5.64. The van der Waals surface area contributed by atoms with Crippen molar-refractivity contribution in [2.24, 2.45) is 5.73 Å². The molecule has 0 saturated heterocycles. The Bertz CT molecular complexity index is 452. The number of aliphatic hydroxyl groups excluding tert-OH is 2. The molecule has 1 rings (SSSR count). The third-order valence-corrected chi connectivity index (χ3v) is 4.41. The summed E-state index contributed by atoms with van der Waals surface area (Å²) in [5.74, 6) is 0. The SMILES string of the molecule is NCc1ccc(S(=O)(=O)N(CCO)CCO)cc1.